The lowest BCUT2D eigenvalue weighted by atomic mass is 10.1. The number of aromatic nitrogens is 3. The average Bonchev–Trinajstić information content (AvgIpc) is 2.77. The van der Waals surface area contributed by atoms with Gasteiger partial charge in [-0.05, 0) is 54.1 Å². The Labute approximate surface area is 120 Å². The van der Waals surface area contributed by atoms with Crippen molar-refractivity contribution in [2.75, 3.05) is 0 Å². The minimum Gasteiger partial charge on any atom is -0.388 e. The summed E-state index contributed by atoms with van der Waals surface area (Å²) in [6.45, 7) is 4.10. The third-order valence-electron chi connectivity index (χ3n) is 2.75. The molecule has 0 saturated carbocycles. The van der Waals surface area contributed by atoms with Crippen LogP contribution in [-0.4, -0.2) is 19.9 Å². The van der Waals surface area contributed by atoms with Crippen LogP contribution in [0.3, 0.4) is 0 Å². The Kier molecular flexibility index (Phi) is 4.34. The van der Waals surface area contributed by atoms with E-state index >= 15 is 0 Å². The molecule has 0 spiro atoms. The third kappa shape index (κ3) is 3.08. The molecule has 0 aliphatic heterocycles. The summed E-state index contributed by atoms with van der Waals surface area (Å²) in [6, 6.07) is 8.14. The quantitative estimate of drug-likeness (QED) is 0.857. The molecule has 1 aromatic carbocycles. The van der Waals surface area contributed by atoms with Crippen molar-refractivity contribution < 1.29 is 5.11 Å². The predicted octanol–water partition coefficient (Wildman–Crippen LogP) is 2.74. The standard InChI is InChI=1S/C13H16IN3O/c1-9(2)17-13(15-8-16-17)7-12(18)10-4-3-5-11(14)6-10/h3-6,8-9,12,18H,7H2,1-2H3. The number of hydrogen-bond acceptors (Lipinski definition) is 3. The highest BCUT2D eigenvalue weighted by molar-refractivity contribution is 14.1. The Morgan fingerprint density at radius 2 is 2.17 bits per heavy atom. The number of aliphatic hydroxyl groups excluding tert-OH is 1. The third-order valence-corrected chi connectivity index (χ3v) is 3.42. The van der Waals surface area contributed by atoms with E-state index in [1.54, 1.807) is 0 Å². The van der Waals surface area contributed by atoms with Crippen molar-refractivity contribution in [1.82, 2.24) is 14.8 Å². The maximum atomic E-state index is 10.2. The van der Waals surface area contributed by atoms with Crippen LogP contribution in [0.5, 0.6) is 0 Å². The molecule has 2 rings (SSSR count). The molecular weight excluding hydrogens is 341 g/mol. The van der Waals surface area contributed by atoms with Crippen molar-refractivity contribution in [3.8, 4) is 0 Å². The van der Waals surface area contributed by atoms with E-state index in [9.17, 15) is 5.11 Å². The van der Waals surface area contributed by atoms with E-state index in [1.165, 1.54) is 6.33 Å². The van der Waals surface area contributed by atoms with Crippen molar-refractivity contribution in [3.63, 3.8) is 0 Å². The van der Waals surface area contributed by atoms with E-state index in [4.69, 9.17) is 0 Å². The van der Waals surface area contributed by atoms with Gasteiger partial charge in [-0.2, -0.15) is 5.10 Å². The molecule has 0 aliphatic carbocycles. The number of halogens is 1. The lowest BCUT2D eigenvalue weighted by molar-refractivity contribution is 0.173. The number of nitrogens with zero attached hydrogens (tertiary/aromatic N) is 3. The van der Waals surface area contributed by atoms with E-state index in [1.807, 2.05) is 28.9 Å². The van der Waals surface area contributed by atoms with Crippen molar-refractivity contribution in [2.45, 2.75) is 32.4 Å². The lowest BCUT2D eigenvalue weighted by Crippen LogP contribution is -2.12. The smallest absolute Gasteiger partial charge is 0.138 e. The summed E-state index contributed by atoms with van der Waals surface area (Å²) in [7, 11) is 0. The summed E-state index contributed by atoms with van der Waals surface area (Å²) in [6.07, 6.45) is 1.48. The highest BCUT2D eigenvalue weighted by Gasteiger charge is 2.14. The van der Waals surface area contributed by atoms with Gasteiger partial charge in [0.2, 0.25) is 0 Å². The second-order valence-electron chi connectivity index (χ2n) is 4.49. The normalized spacial score (nSPS) is 12.9. The molecule has 1 heterocycles. The molecule has 96 valence electrons. The zero-order chi connectivity index (χ0) is 13.1. The molecule has 0 bridgehead atoms. The fraction of sp³-hybridized carbons (Fsp3) is 0.385. The van der Waals surface area contributed by atoms with Gasteiger partial charge in [-0.25, -0.2) is 9.67 Å². The highest BCUT2D eigenvalue weighted by atomic mass is 127. The van der Waals surface area contributed by atoms with Gasteiger partial charge in [0.1, 0.15) is 12.2 Å². The number of benzene rings is 1. The molecule has 1 aromatic heterocycles. The zero-order valence-electron chi connectivity index (χ0n) is 10.4. The van der Waals surface area contributed by atoms with Gasteiger partial charge < -0.3 is 5.11 Å². The van der Waals surface area contributed by atoms with Gasteiger partial charge >= 0.3 is 0 Å². The van der Waals surface area contributed by atoms with Gasteiger partial charge in [0.25, 0.3) is 0 Å². The Hall–Kier alpha value is -0.950. The Morgan fingerprint density at radius 3 is 2.83 bits per heavy atom. The minimum atomic E-state index is -0.540. The van der Waals surface area contributed by atoms with Gasteiger partial charge in [-0.15, -0.1) is 0 Å². The van der Waals surface area contributed by atoms with Crippen LogP contribution in [0.1, 0.15) is 37.4 Å². The topological polar surface area (TPSA) is 50.9 Å². The predicted molar refractivity (Wildman–Crippen MR) is 78.2 cm³/mol. The lowest BCUT2D eigenvalue weighted by Gasteiger charge is -2.13. The van der Waals surface area contributed by atoms with E-state index in [0.29, 0.717) is 6.42 Å². The summed E-state index contributed by atoms with van der Waals surface area (Å²) in [5.74, 6) is 0.816. The number of aliphatic hydroxyl groups is 1. The fourth-order valence-corrected chi connectivity index (χ4v) is 2.42. The molecule has 1 atom stereocenters. The van der Waals surface area contributed by atoms with Gasteiger partial charge in [0, 0.05) is 16.0 Å². The average molecular weight is 357 g/mol. The monoisotopic (exact) mass is 357 g/mol. The molecule has 0 radical (unpaired) electrons. The van der Waals surface area contributed by atoms with Crippen LogP contribution in [-0.2, 0) is 6.42 Å². The van der Waals surface area contributed by atoms with Crippen LogP contribution in [0.4, 0.5) is 0 Å². The molecule has 0 amide bonds. The van der Waals surface area contributed by atoms with E-state index in [2.05, 4.69) is 46.5 Å². The summed E-state index contributed by atoms with van der Waals surface area (Å²) in [5.41, 5.74) is 0.917. The minimum absolute atomic E-state index is 0.255. The summed E-state index contributed by atoms with van der Waals surface area (Å²) < 4.78 is 2.96. The number of rotatable bonds is 4. The molecule has 0 fully saturated rings. The molecule has 2 aromatic rings. The molecule has 0 saturated heterocycles. The van der Waals surface area contributed by atoms with Crippen molar-refractivity contribution in [3.05, 3.63) is 45.6 Å². The second-order valence-corrected chi connectivity index (χ2v) is 5.74. The van der Waals surface area contributed by atoms with Gasteiger partial charge in [0.05, 0.1) is 6.10 Å². The van der Waals surface area contributed by atoms with Gasteiger partial charge in [-0.1, -0.05) is 12.1 Å². The van der Waals surface area contributed by atoms with Crippen LogP contribution < -0.4 is 0 Å². The highest BCUT2D eigenvalue weighted by Crippen LogP contribution is 2.20. The van der Waals surface area contributed by atoms with E-state index in [0.717, 1.165) is 15.0 Å². The maximum Gasteiger partial charge on any atom is 0.138 e. The summed E-state index contributed by atoms with van der Waals surface area (Å²) in [5, 5.41) is 14.4. The molecule has 5 heteroatoms. The molecule has 18 heavy (non-hydrogen) atoms. The van der Waals surface area contributed by atoms with Crippen LogP contribution in [0.15, 0.2) is 30.6 Å². The Bertz CT molecular complexity index is 524. The van der Waals surface area contributed by atoms with E-state index < -0.39 is 6.10 Å². The molecule has 0 aliphatic rings. The van der Waals surface area contributed by atoms with Crippen LogP contribution in [0, 0.1) is 3.57 Å². The molecule has 1 unspecified atom stereocenters. The first kappa shape index (κ1) is 13.5. The molecule has 1 N–H and O–H groups in total. The summed E-state index contributed by atoms with van der Waals surface area (Å²) in [4.78, 5) is 4.22. The van der Waals surface area contributed by atoms with Crippen molar-refractivity contribution in [1.29, 1.82) is 0 Å². The van der Waals surface area contributed by atoms with Crippen molar-refractivity contribution >= 4 is 22.6 Å². The zero-order valence-corrected chi connectivity index (χ0v) is 12.6. The largest absolute Gasteiger partial charge is 0.388 e. The van der Waals surface area contributed by atoms with Crippen LogP contribution in [0.2, 0.25) is 0 Å². The first-order chi connectivity index (χ1) is 8.58. The maximum absolute atomic E-state index is 10.2. The van der Waals surface area contributed by atoms with Crippen molar-refractivity contribution in [2.24, 2.45) is 0 Å². The summed E-state index contributed by atoms with van der Waals surface area (Å²) >= 11 is 2.24. The Balaban J connectivity index is 2.16. The first-order valence-electron chi connectivity index (χ1n) is 5.90. The van der Waals surface area contributed by atoms with Crippen LogP contribution >= 0.6 is 22.6 Å². The van der Waals surface area contributed by atoms with Crippen LogP contribution in [0.25, 0.3) is 0 Å². The van der Waals surface area contributed by atoms with Gasteiger partial charge in [0.15, 0.2) is 0 Å². The molecule has 4 nitrogen and oxygen atoms in total. The second kappa shape index (κ2) is 5.79. The first-order valence-corrected chi connectivity index (χ1v) is 6.97. The Morgan fingerprint density at radius 1 is 1.39 bits per heavy atom. The molecular formula is C13H16IN3O. The fourth-order valence-electron chi connectivity index (χ4n) is 1.86. The van der Waals surface area contributed by atoms with E-state index in [-0.39, 0.29) is 6.04 Å². The number of hydrogen-bond donors (Lipinski definition) is 1. The van der Waals surface area contributed by atoms with Gasteiger partial charge in [-0.3, -0.25) is 0 Å². The SMILES string of the molecule is CC(C)n1ncnc1CC(O)c1cccc(I)c1.